The molecule has 1 aliphatic heterocycles. The molecule has 6 heteroatoms. The van der Waals surface area contributed by atoms with Crippen LogP contribution in [0.4, 0.5) is 4.39 Å². The molecule has 0 unspecified atom stereocenters. The van der Waals surface area contributed by atoms with Crippen molar-refractivity contribution in [2.45, 2.75) is 39.5 Å². The van der Waals surface area contributed by atoms with Gasteiger partial charge < -0.3 is 4.74 Å². The number of ether oxygens (including phenoxy) is 1. The molecule has 0 aliphatic carbocycles. The van der Waals surface area contributed by atoms with Crippen LogP contribution in [0.5, 0.6) is 0 Å². The first-order chi connectivity index (χ1) is 15.9. The molecular weight excluding hydrogens is 437 g/mol. The average molecular weight is 464 g/mol. The van der Waals surface area contributed by atoms with Crippen LogP contribution in [0, 0.1) is 26.6 Å². The summed E-state index contributed by atoms with van der Waals surface area (Å²) < 4.78 is 20.1. The SMILES string of the molecule is Cc1cc2c(-c3ccc(Cl)cc3F)nc(C3CCOCC3)cc2nc1C.Cc1ccccn1. The molecule has 33 heavy (non-hydrogen) atoms. The number of halogens is 2. The number of benzene rings is 1. The first-order valence-corrected chi connectivity index (χ1v) is 11.5. The van der Waals surface area contributed by atoms with E-state index in [1.807, 2.05) is 45.0 Å². The van der Waals surface area contributed by atoms with E-state index in [0.717, 1.165) is 59.6 Å². The van der Waals surface area contributed by atoms with E-state index in [2.05, 4.69) is 11.1 Å². The van der Waals surface area contributed by atoms with Crippen molar-refractivity contribution in [2.24, 2.45) is 0 Å². The molecule has 3 aromatic heterocycles. The van der Waals surface area contributed by atoms with Gasteiger partial charge in [0, 0.05) is 58.4 Å². The third kappa shape index (κ3) is 5.55. The van der Waals surface area contributed by atoms with Gasteiger partial charge in [0.05, 0.1) is 11.2 Å². The molecule has 5 rings (SSSR count). The van der Waals surface area contributed by atoms with Gasteiger partial charge in [0.15, 0.2) is 0 Å². The molecule has 1 fully saturated rings. The minimum absolute atomic E-state index is 0.311. The second kappa shape index (κ2) is 10.4. The van der Waals surface area contributed by atoms with E-state index in [-0.39, 0.29) is 5.82 Å². The monoisotopic (exact) mass is 463 g/mol. The number of rotatable bonds is 2. The molecule has 4 heterocycles. The van der Waals surface area contributed by atoms with E-state index < -0.39 is 0 Å². The summed E-state index contributed by atoms with van der Waals surface area (Å²) in [5, 5.41) is 1.24. The Morgan fingerprint density at radius 1 is 0.970 bits per heavy atom. The smallest absolute Gasteiger partial charge is 0.134 e. The first kappa shape index (κ1) is 23.3. The quantitative estimate of drug-likeness (QED) is 0.321. The Bertz CT molecular complexity index is 1260. The molecule has 1 aliphatic rings. The van der Waals surface area contributed by atoms with E-state index in [1.54, 1.807) is 18.3 Å². The van der Waals surface area contributed by atoms with Crippen LogP contribution in [0.15, 0.2) is 54.7 Å². The molecule has 0 amide bonds. The first-order valence-electron chi connectivity index (χ1n) is 11.1. The molecule has 0 atom stereocenters. The van der Waals surface area contributed by atoms with Gasteiger partial charge in [0.25, 0.3) is 0 Å². The van der Waals surface area contributed by atoms with Crippen molar-refractivity contribution in [1.82, 2.24) is 15.0 Å². The Morgan fingerprint density at radius 2 is 1.76 bits per heavy atom. The highest BCUT2D eigenvalue weighted by Gasteiger charge is 2.21. The summed E-state index contributed by atoms with van der Waals surface area (Å²) >= 11 is 5.94. The Morgan fingerprint density at radius 3 is 2.39 bits per heavy atom. The van der Waals surface area contributed by atoms with Crippen LogP contribution >= 0.6 is 11.6 Å². The maximum absolute atomic E-state index is 14.7. The highest BCUT2D eigenvalue weighted by atomic mass is 35.5. The lowest BCUT2D eigenvalue weighted by molar-refractivity contribution is 0.0845. The van der Waals surface area contributed by atoms with Crippen LogP contribution in [0.2, 0.25) is 5.02 Å². The molecule has 0 saturated carbocycles. The molecule has 4 nitrogen and oxygen atoms in total. The Kier molecular flexibility index (Phi) is 7.31. The van der Waals surface area contributed by atoms with Gasteiger partial charge in [-0.05, 0) is 81.6 Å². The van der Waals surface area contributed by atoms with Crippen molar-refractivity contribution in [1.29, 1.82) is 0 Å². The summed E-state index contributed by atoms with van der Waals surface area (Å²) in [5.41, 5.74) is 6.02. The van der Waals surface area contributed by atoms with Gasteiger partial charge in [-0.25, -0.2) is 4.39 Å². The second-order valence-corrected chi connectivity index (χ2v) is 8.77. The molecule has 0 N–H and O–H groups in total. The summed E-state index contributed by atoms with van der Waals surface area (Å²) in [7, 11) is 0. The van der Waals surface area contributed by atoms with E-state index in [1.165, 1.54) is 6.07 Å². The predicted octanol–water partition coefficient (Wildman–Crippen LogP) is 6.99. The summed E-state index contributed by atoms with van der Waals surface area (Å²) in [6.45, 7) is 7.44. The van der Waals surface area contributed by atoms with Crippen LogP contribution in [-0.4, -0.2) is 28.2 Å². The van der Waals surface area contributed by atoms with Gasteiger partial charge in [-0.15, -0.1) is 0 Å². The zero-order valence-corrected chi connectivity index (χ0v) is 19.9. The Balaban J connectivity index is 0.000000318. The maximum atomic E-state index is 14.7. The molecule has 0 spiro atoms. The van der Waals surface area contributed by atoms with Crippen molar-refractivity contribution in [3.8, 4) is 11.3 Å². The number of aryl methyl sites for hydroxylation is 3. The van der Waals surface area contributed by atoms with Gasteiger partial charge in [0.2, 0.25) is 0 Å². The standard InChI is InChI=1S/C21H20ClFN2O.C6H7N/c1-12-9-17-20(24-13(12)2)11-19(14-5-7-26-8-6-14)25-21(17)16-4-3-15(22)10-18(16)23;1-6-4-2-3-5-7-6/h3-4,9-11,14H,5-8H2,1-2H3;2-5H,1H3. The lowest BCUT2D eigenvalue weighted by atomic mass is 9.94. The fourth-order valence-corrected chi connectivity index (χ4v) is 4.08. The van der Waals surface area contributed by atoms with Crippen molar-refractivity contribution in [3.63, 3.8) is 0 Å². The van der Waals surface area contributed by atoms with E-state index >= 15 is 0 Å². The normalized spacial score (nSPS) is 14.1. The van der Waals surface area contributed by atoms with Gasteiger partial charge in [-0.3, -0.25) is 15.0 Å². The summed E-state index contributed by atoms with van der Waals surface area (Å²) in [5.74, 6) is -0.0562. The van der Waals surface area contributed by atoms with Gasteiger partial charge in [0.1, 0.15) is 5.82 Å². The van der Waals surface area contributed by atoms with Gasteiger partial charge >= 0.3 is 0 Å². The van der Waals surface area contributed by atoms with E-state index in [4.69, 9.17) is 26.3 Å². The third-order valence-electron chi connectivity index (χ3n) is 5.91. The van der Waals surface area contributed by atoms with Crippen molar-refractivity contribution < 1.29 is 9.13 Å². The third-order valence-corrected chi connectivity index (χ3v) is 6.15. The van der Waals surface area contributed by atoms with E-state index in [0.29, 0.717) is 22.2 Å². The second-order valence-electron chi connectivity index (χ2n) is 8.34. The number of pyridine rings is 3. The van der Waals surface area contributed by atoms with E-state index in [9.17, 15) is 4.39 Å². The number of fused-ring (bicyclic) bond motifs is 1. The lowest BCUT2D eigenvalue weighted by Gasteiger charge is -2.23. The zero-order chi connectivity index (χ0) is 23.4. The number of nitrogens with zero attached hydrogens (tertiary/aromatic N) is 3. The number of aromatic nitrogens is 3. The molecule has 4 aromatic rings. The number of hydrogen-bond donors (Lipinski definition) is 0. The highest BCUT2D eigenvalue weighted by molar-refractivity contribution is 6.30. The molecule has 1 saturated heterocycles. The van der Waals surface area contributed by atoms with Crippen molar-refractivity contribution in [3.05, 3.63) is 88.2 Å². The van der Waals surface area contributed by atoms with Crippen LogP contribution in [-0.2, 0) is 4.74 Å². The zero-order valence-electron chi connectivity index (χ0n) is 19.1. The van der Waals surface area contributed by atoms with Crippen molar-refractivity contribution >= 4 is 22.5 Å². The maximum Gasteiger partial charge on any atom is 0.134 e. The minimum Gasteiger partial charge on any atom is -0.381 e. The Labute approximate surface area is 198 Å². The number of hydrogen-bond acceptors (Lipinski definition) is 4. The molecule has 0 radical (unpaired) electrons. The molecule has 1 aromatic carbocycles. The average Bonchev–Trinajstić information content (AvgIpc) is 2.81. The van der Waals surface area contributed by atoms with Gasteiger partial charge in [-0.1, -0.05) is 17.7 Å². The van der Waals surface area contributed by atoms with Crippen molar-refractivity contribution in [2.75, 3.05) is 13.2 Å². The fourth-order valence-electron chi connectivity index (χ4n) is 3.92. The highest BCUT2D eigenvalue weighted by Crippen LogP contribution is 2.34. The Hall–Kier alpha value is -2.89. The largest absolute Gasteiger partial charge is 0.381 e. The topological polar surface area (TPSA) is 47.9 Å². The lowest BCUT2D eigenvalue weighted by Crippen LogP contribution is -2.15. The predicted molar refractivity (Wildman–Crippen MR) is 131 cm³/mol. The van der Waals surface area contributed by atoms with Crippen LogP contribution in [0.25, 0.3) is 22.2 Å². The molecular formula is C27H27ClFN3O. The van der Waals surface area contributed by atoms with Crippen LogP contribution in [0.1, 0.15) is 41.4 Å². The molecule has 0 bridgehead atoms. The fraction of sp³-hybridized carbons (Fsp3) is 0.296. The summed E-state index contributed by atoms with van der Waals surface area (Å²) in [4.78, 5) is 13.6. The summed E-state index contributed by atoms with van der Waals surface area (Å²) in [6.07, 6.45) is 3.63. The van der Waals surface area contributed by atoms with Crippen LogP contribution in [0.3, 0.4) is 0 Å². The minimum atomic E-state index is -0.367. The van der Waals surface area contributed by atoms with Crippen LogP contribution < -0.4 is 0 Å². The van der Waals surface area contributed by atoms with Gasteiger partial charge in [-0.2, -0.15) is 0 Å². The molecule has 170 valence electrons. The summed E-state index contributed by atoms with van der Waals surface area (Å²) in [6, 6.07) is 14.7.